The average molecular weight is 561 g/mol. The van der Waals surface area contributed by atoms with Gasteiger partial charge in [0.05, 0.1) is 17.5 Å². The van der Waals surface area contributed by atoms with E-state index in [0.717, 1.165) is 16.1 Å². The predicted molar refractivity (Wildman–Crippen MR) is 158 cm³/mol. The number of hydrogen-bond donors (Lipinski definition) is 2. The van der Waals surface area contributed by atoms with Crippen LogP contribution in [0.3, 0.4) is 0 Å². The Hall–Kier alpha value is -3.76. The van der Waals surface area contributed by atoms with Gasteiger partial charge in [0.2, 0.25) is 5.91 Å². The molecule has 4 aromatic rings. The molecule has 2 aromatic heterocycles. The first kappa shape index (κ1) is 28.3. The summed E-state index contributed by atoms with van der Waals surface area (Å²) in [6.45, 7) is 10.5. The Morgan fingerprint density at radius 2 is 1.77 bits per heavy atom. The fraction of sp³-hybridized carbons (Fsp3) is 0.276. The Morgan fingerprint density at radius 3 is 2.44 bits per heavy atom. The SMILES string of the molecule is C=CCn1c(SCC(=O)Nc2nc(-c3ccccc3)c(C)s2)nnc1C(CC(C)C)NC(=O)c1ccccc1. The normalized spacial score (nSPS) is 11.8. The van der Waals surface area contributed by atoms with Crippen LogP contribution < -0.4 is 10.6 Å². The van der Waals surface area contributed by atoms with Crippen molar-refractivity contribution in [2.75, 3.05) is 11.1 Å². The van der Waals surface area contributed by atoms with E-state index in [0.29, 0.717) is 40.6 Å². The smallest absolute Gasteiger partial charge is 0.251 e. The van der Waals surface area contributed by atoms with Crippen molar-refractivity contribution in [3.63, 3.8) is 0 Å². The minimum atomic E-state index is -0.344. The molecule has 0 saturated carbocycles. The number of thiazole rings is 1. The van der Waals surface area contributed by atoms with Crippen LogP contribution >= 0.6 is 23.1 Å². The number of aryl methyl sites for hydroxylation is 1. The molecule has 2 amide bonds. The van der Waals surface area contributed by atoms with Crippen LogP contribution in [0.25, 0.3) is 11.3 Å². The lowest BCUT2D eigenvalue weighted by atomic mass is 10.0. The van der Waals surface area contributed by atoms with Crippen molar-refractivity contribution >= 4 is 40.0 Å². The Labute approximate surface area is 237 Å². The minimum Gasteiger partial charge on any atom is -0.342 e. The molecule has 4 rings (SSSR count). The van der Waals surface area contributed by atoms with Gasteiger partial charge >= 0.3 is 0 Å². The maximum absolute atomic E-state index is 12.9. The summed E-state index contributed by atoms with van der Waals surface area (Å²) in [5.41, 5.74) is 2.47. The van der Waals surface area contributed by atoms with Crippen LogP contribution in [0.4, 0.5) is 5.13 Å². The van der Waals surface area contributed by atoms with E-state index >= 15 is 0 Å². The molecule has 2 heterocycles. The molecule has 202 valence electrons. The molecule has 8 nitrogen and oxygen atoms in total. The van der Waals surface area contributed by atoms with Crippen molar-refractivity contribution in [1.29, 1.82) is 0 Å². The molecule has 0 aliphatic heterocycles. The number of thioether (sulfide) groups is 1. The number of allylic oxidation sites excluding steroid dienone is 1. The van der Waals surface area contributed by atoms with Gasteiger partial charge in [-0.15, -0.1) is 28.1 Å². The van der Waals surface area contributed by atoms with Crippen LogP contribution in [-0.4, -0.2) is 37.3 Å². The van der Waals surface area contributed by atoms with Gasteiger partial charge in [-0.2, -0.15) is 0 Å². The van der Waals surface area contributed by atoms with E-state index < -0.39 is 0 Å². The highest BCUT2D eigenvalue weighted by atomic mass is 32.2. The molecule has 0 spiro atoms. The third-order valence-corrected chi connectivity index (χ3v) is 7.69. The number of carbonyl (C=O) groups is 2. The second-order valence-electron chi connectivity index (χ2n) is 9.39. The highest BCUT2D eigenvalue weighted by Crippen LogP contribution is 2.31. The number of nitrogens with zero attached hydrogens (tertiary/aromatic N) is 4. The van der Waals surface area contributed by atoms with Gasteiger partial charge in [-0.1, -0.05) is 80.2 Å². The van der Waals surface area contributed by atoms with Gasteiger partial charge in [-0.05, 0) is 31.4 Å². The van der Waals surface area contributed by atoms with Crippen molar-refractivity contribution in [3.8, 4) is 11.3 Å². The molecule has 1 atom stereocenters. The van der Waals surface area contributed by atoms with Gasteiger partial charge in [0.25, 0.3) is 5.91 Å². The van der Waals surface area contributed by atoms with Gasteiger partial charge in [-0.3, -0.25) is 9.59 Å². The fourth-order valence-electron chi connectivity index (χ4n) is 4.10. The van der Waals surface area contributed by atoms with E-state index in [2.05, 4.69) is 46.2 Å². The molecule has 0 radical (unpaired) electrons. The maximum Gasteiger partial charge on any atom is 0.251 e. The second-order valence-corrected chi connectivity index (χ2v) is 11.5. The Balaban J connectivity index is 1.46. The van der Waals surface area contributed by atoms with Gasteiger partial charge < -0.3 is 15.2 Å². The van der Waals surface area contributed by atoms with Crippen molar-refractivity contribution < 1.29 is 9.59 Å². The van der Waals surface area contributed by atoms with Crippen molar-refractivity contribution in [2.45, 2.75) is 44.9 Å². The molecule has 1 unspecified atom stereocenters. The zero-order valence-electron chi connectivity index (χ0n) is 22.3. The lowest BCUT2D eigenvalue weighted by Crippen LogP contribution is -2.31. The largest absolute Gasteiger partial charge is 0.342 e. The quantitative estimate of drug-likeness (QED) is 0.159. The van der Waals surface area contributed by atoms with E-state index in [1.165, 1.54) is 23.1 Å². The van der Waals surface area contributed by atoms with E-state index in [4.69, 9.17) is 0 Å². The Bertz CT molecular complexity index is 1420. The first-order valence-corrected chi connectivity index (χ1v) is 14.5. The fourth-order valence-corrected chi connectivity index (χ4v) is 5.70. The first-order valence-electron chi connectivity index (χ1n) is 12.7. The number of aromatic nitrogens is 4. The first-order chi connectivity index (χ1) is 18.9. The average Bonchev–Trinajstić information content (AvgIpc) is 3.50. The molecule has 0 fully saturated rings. The Morgan fingerprint density at radius 1 is 1.08 bits per heavy atom. The van der Waals surface area contributed by atoms with E-state index in [1.54, 1.807) is 18.2 Å². The molecule has 0 aliphatic carbocycles. The van der Waals surface area contributed by atoms with Crippen LogP contribution in [0.2, 0.25) is 0 Å². The maximum atomic E-state index is 12.9. The monoisotopic (exact) mass is 560 g/mol. The van der Waals surface area contributed by atoms with Crippen molar-refractivity contribution in [1.82, 2.24) is 25.1 Å². The molecule has 2 aromatic carbocycles. The number of rotatable bonds is 12. The van der Waals surface area contributed by atoms with Crippen LogP contribution in [0.1, 0.15) is 47.4 Å². The summed E-state index contributed by atoms with van der Waals surface area (Å²) in [6, 6.07) is 18.7. The molecule has 0 aliphatic rings. The van der Waals surface area contributed by atoms with E-state index in [-0.39, 0.29) is 23.6 Å². The van der Waals surface area contributed by atoms with Gasteiger partial charge in [0.1, 0.15) is 0 Å². The van der Waals surface area contributed by atoms with Crippen molar-refractivity contribution in [2.24, 2.45) is 5.92 Å². The number of hydrogen-bond acceptors (Lipinski definition) is 7. The predicted octanol–water partition coefficient (Wildman–Crippen LogP) is 6.14. The van der Waals surface area contributed by atoms with E-state index in [9.17, 15) is 9.59 Å². The van der Waals surface area contributed by atoms with Gasteiger partial charge in [0, 0.05) is 22.5 Å². The van der Waals surface area contributed by atoms with Crippen LogP contribution in [0, 0.1) is 12.8 Å². The zero-order chi connectivity index (χ0) is 27.8. The highest BCUT2D eigenvalue weighted by Gasteiger charge is 2.25. The lowest BCUT2D eigenvalue weighted by molar-refractivity contribution is -0.113. The number of benzene rings is 2. The molecular weight excluding hydrogens is 528 g/mol. The van der Waals surface area contributed by atoms with Gasteiger partial charge in [-0.25, -0.2) is 4.98 Å². The summed E-state index contributed by atoms with van der Waals surface area (Å²) in [5, 5.41) is 16.0. The number of anilines is 1. The summed E-state index contributed by atoms with van der Waals surface area (Å²) < 4.78 is 1.91. The van der Waals surface area contributed by atoms with E-state index in [1.807, 2.05) is 60.0 Å². The molecular formula is C29H32N6O2S2. The minimum absolute atomic E-state index is 0.139. The number of amides is 2. The zero-order valence-corrected chi connectivity index (χ0v) is 23.9. The third kappa shape index (κ3) is 7.42. The molecule has 10 heteroatoms. The summed E-state index contributed by atoms with van der Waals surface area (Å²) in [6.07, 6.45) is 2.44. The lowest BCUT2D eigenvalue weighted by Gasteiger charge is -2.21. The molecule has 0 saturated heterocycles. The van der Waals surface area contributed by atoms with Crippen LogP contribution in [-0.2, 0) is 11.3 Å². The molecule has 2 N–H and O–H groups in total. The summed E-state index contributed by atoms with van der Waals surface area (Å²) in [5.74, 6) is 0.735. The van der Waals surface area contributed by atoms with Crippen molar-refractivity contribution in [3.05, 3.63) is 89.6 Å². The van der Waals surface area contributed by atoms with Crippen LogP contribution in [0.5, 0.6) is 0 Å². The summed E-state index contributed by atoms with van der Waals surface area (Å²) in [7, 11) is 0. The second kappa shape index (κ2) is 13.3. The summed E-state index contributed by atoms with van der Waals surface area (Å²) >= 11 is 2.74. The Kier molecular flexibility index (Phi) is 9.67. The highest BCUT2D eigenvalue weighted by molar-refractivity contribution is 7.99. The third-order valence-electron chi connectivity index (χ3n) is 5.84. The number of nitrogens with one attached hydrogen (secondary N) is 2. The summed E-state index contributed by atoms with van der Waals surface area (Å²) in [4.78, 5) is 31.4. The topological polar surface area (TPSA) is 102 Å². The molecule has 39 heavy (non-hydrogen) atoms. The molecule has 0 bridgehead atoms. The van der Waals surface area contributed by atoms with Gasteiger partial charge in [0.15, 0.2) is 16.1 Å². The standard InChI is InChI=1S/C29H32N6O2S2/c1-5-16-35-26(23(17-19(2)3)30-27(37)22-14-10-7-11-15-22)33-34-29(35)38-18-24(36)31-28-32-25(20(4)39-28)21-12-8-6-9-13-21/h5-15,19,23H,1,16-18H2,2-4H3,(H,30,37)(H,31,32,36). The number of carbonyl (C=O) groups excluding carboxylic acids is 2. The van der Waals surface area contributed by atoms with Crippen LogP contribution in [0.15, 0.2) is 78.5 Å².